The first-order valence-corrected chi connectivity index (χ1v) is 4.57. The number of hydrogen-bond acceptors (Lipinski definition) is 2. The Kier molecular flexibility index (Phi) is 2.25. The van der Waals surface area contributed by atoms with Crippen molar-refractivity contribution in [1.29, 1.82) is 0 Å². The summed E-state index contributed by atoms with van der Waals surface area (Å²) in [6.45, 7) is 1.68. The third kappa shape index (κ3) is 1.74. The molecule has 76 valence electrons. The van der Waals surface area contributed by atoms with Gasteiger partial charge in [0.05, 0.1) is 5.69 Å². The van der Waals surface area contributed by atoms with E-state index < -0.39 is 5.69 Å². The lowest BCUT2D eigenvalue weighted by molar-refractivity contribution is 1.01. The number of nitrogens with one attached hydrogen (secondary N) is 2. The van der Waals surface area contributed by atoms with Crippen LogP contribution in [0.25, 0.3) is 11.3 Å². The Morgan fingerprint density at radius 2 is 1.67 bits per heavy atom. The Hall–Kier alpha value is -2.10. The fourth-order valence-corrected chi connectivity index (χ4v) is 1.44. The Morgan fingerprint density at radius 3 is 2.33 bits per heavy atom. The molecule has 1 heterocycles. The first-order chi connectivity index (χ1) is 7.18. The standard InChI is InChI=1S/C11H10N2O2/c1-7-9(8-5-3-2-4-6-8)12-11(15)13-10(7)14/h2-6H,1H3,(H2,12,13,14,15). The molecule has 15 heavy (non-hydrogen) atoms. The van der Waals surface area contributed by atoms with E-state index >= 15 is 0 Å². The monoisotopic (exact) mass is 202 g/mol. The Morgan fingerprint density at radius 1 is 1.00 bits per heavy atom. The van der Waals surface area contributed by atoms with Gasteiger partial charge in [0.15, 0.2) is 0 Å². The number of benzene rings is 1. The smallest absolute Gasteiger partial charge is 0.307 e. The van der Waals surface area contributed by atoms with Crippen LogP contribution in [0, 0.1) is 6.92 Å². The normalized spacial score (nSPS) is 10.2. The minimum atomic E-state index is -0.482. The number of rotatable bonds is 1. The second-order valence-electron chi connectivity index (χ2n) is 3.27. The molecule has 0 unspecified atom stereocenters. The van der Waals surface area contributed by atoms with E-state index in [2.05, 4.69) is 9.97 Å². The summed E-state index contributed by atoms with van der Waals surface area (Å²) < 4.78 is 0. The maximum absolute atomic E-state index is 11.4. The van der Waals surface area contributed by atoms with E-state index in [4.69, 9.17) is 0 Å². The molecule has 4 nitrogen and oxygen atoms in total. The van der Waals surface area contributed by atoms with Crippen LogP contribution in [-0.2, 0) is 0 Å². The summed E-state index contributed by atoms with van der Waals surface area (Å²) in [5.74, 6) is 0. The number of H-pyrrole nitrogens is 2. The van der Waals surface area contributed by atoms with Crippen LogP contribution in [0.5, 0.6) is 0 Å². The molecule has 0 spiro atoms. The average molecular weight is 202 g/mol. The topological polar surface area (TPSA) is 65.7 Å². The molecule has 0 atom stereocenters. The highest BCUT2D eigenvalue weighted by Crippen LogP contribution is 2.15. The lowest BCUT2D eigenvalue weighted by atomic mass is 10.1. The van der Waals surface area contributed by atoms with Crippen LogP contribution in [0.15, 0.2) is 39.9 Å². The second kappa shape index (κ2) is 3.57. The van der Waals surface area contributed by atoms with Crippen LogP contribution in [0.1, 0.15) is 5.56 Å². The maximum atomic E-state index is 11.4. The summed E-state index contributed by atoms with van der Waals surface area (Å²) in [5, 5.41) is 0. The second-order valence-corrected chi connectivity index (χ2v) is 3.27. The van der Waals surface area contributed by atoms with E-state index in [0.717, 1.165) is 5.56 Å². The van der Waals surface area contributed by atoms with Crippen LogP contribution in [-0.4, -0.2) is 9.97 Å². The number of hydrogen-bond donors (Lipinski definition) is 2. The van der Waals surface area contributed by atoms with E-state index in [1.54, 1.807) is 6.92 Å². The van der Waals surface area contributed by atoms with Gasteiger partial charge >= 0.3 is 5.69 Å². The van der Waals surface area contributed by atoms with Gasteiger partial charge in [-0.1, -0.05) is 30.3 Å². The SMILES string of the molecule is Cc1c(-c2ccccc2)[nH]c(=O)[nH]c1=O. The van der Waals surface area contributed by atoms with Crippen molar-refractivity contribution in [3.05, 3.63) is 56.7 Å². The molecule has 1 aromatic carbocycles. The molecule has 0 saturated carbocycles. The van der Waals surface area contributed by atoms with E-state index in [9.17, 15) is 9.59 Å². The van der Waals surface area contributed by atoms with Crippen molar-refractivity contribution in [1.82, 2.24) is 9.97 Å². The summed E-state index contributed by atoms with van der Waals surface area (Å²) in [6.07, 6.45) is 0. The van der Waals surface area contributed by atoms with Gasteiger partial charge in [0.25, 0.3) is 5.56 Å². The van der Waals surface area contributed by atoms with Gasteiger partial charge in [0, 0.05) is 5.56 Å². The van der Waals surface area contributed by atoms with E-state index in [0.29, 0.717) is 11.3 Å². The van der Waals surface area contributed by atoms with E-state index in [-0.39, 0.29) is 5.56 Å². The minimum absolute atomic E-state index is 0.349. The van der Waals surface area contributed by atoms with Gasteiger partial charge in [-0.2, -0.15) is 0 Å². The van der Waals surface area contributed by atoms with Gasteiger partial charge in [-0.3, -0.25) is 9.78 Å². The lowest BCUT2D eigenvalue weighted by Gasteiger charge is -2.03. The third-order valence-corrected chi connectivity index (χ3v) is 2.24. The van der Waals surface area contributed by atoms with Gasteiger partial charge in [-0.25, -0.2) is 4.79 Å². The Bertz CT molecular complexity index is 582. The number of aromatic amines is 2. The Balaban J connectivity index is 2.74. The summed E-state index contributed by atoms with van der Waals surface area (Å²) in [4.78, 5) is 27.3. The molecule has 2 N–H and O–H groups in total. The van der Waals surface area contributed by atoms with Crippen molar-refractivity contribution in [2.45, 2.75) is 6.92 Å². The maximum Gasteiger partial charge on any atom is 0.326 e. The number of aromatic nitrogens is 2. The van der Waals surface area contributed by atoms with Crippen molar-refractivity contribution < 1.29 is 0 Å². The van der Waals surface area contributed by atoms with Crippen LogP contribution >= 0.6 is 0 Å². The van der Waals surface area contributed by atoms with Crippen molar-refractivity contribution >= 4 is 0 Å². The van der Waals surface area contributed by atoms with Gasteiger partial charge in [-0.05, 0) is 12.5 Å². The Labute approximate surface area is 85.6 Å². The molecule has 0 aliphatic heterocycles. The van der Waals surface area contributed by atoms with Crippen LogP contribution < -0.4 is 11.2 Å². The summed E-state index contributed by atoms with van der Waals surface area (Å²) >= 11 is 0. The molecule has 2 aromatic rings. The van der Waals surface area contributed by atoms with E-state index in [1.165, 1.54) is 0 Å². The van der Waals surface area contributed by atoms with Crippen molar-refractivity contribution in [3.8, 4) is 11.3 Å². The summed E-state index contributed by atoms with van der Waals surface area (Å²) in [7, 11) is 0. The highest BCUT2D eigenvalue weighted by atomic mass is 16.2. The van der Waals surface area contributed by atoms with Gasteiger partial charge in [0.1, 0.15) is 0 Å². The fraction of sp³-hybridized carbons (Fsp3) is 0.0909. The predicted octanol–water partition coefficient (Wildman–Crippen LogP) is 1.04. The molecule has 0 aliphatic rings. The predicted molar refractivity (Wildman–Crippen MR) is 57.9 cm³/mol. The van der Waals surface area contributed by atoms with Gasteiger partial charge in [0.2, 0.25) is 0 Å². The lowest BCUT2D eigenvalue weighted by Crippen LogP contribution is -2.24. The van der Waals surface area contributed by atoms with Crippen LogP contribution in [0.4, 0.5) is 0 Å². The fourth-order valence-electron chi connectivity index (χ4n) is 1.44. The van der Waals surface area contributed by atoms with Crippen molar-refractivity contribution in [2.75, 3.05) is 0 Å². The molecule has 1 aromatic heterocycles. The molecule has 2 rings (SSSR count). The molecule has 4 heteroatoms. The highest BCUT2D eigenvalue weighted by molar-refractivity contribution is 5.61. The molecular formula is C11H10N2O2. The van der Waals surface area contributed by atoms with Crippen LogP contribution in [0.3, 0.4) is 0 Å². The zero-order valence-corrected chi connectivity index (χ0v) is 8.20. The first kappa shape index (κ1) is 9.45. The molecule has 0 fully saturated rings. The minimum Gasteiger partial charge on any atom is -0.307 e. The molecule has 0 aliphatic carbocycles. The third-order valence-electron chi connectivity index (χ3n) is 2.24. The summed E-state index contributed by atoms with van der Waals surface area (Å²) in [6, 6.07) is 9.28. The molecule has 0 radical (unpaired) electrons. The highest BCUT2D eigenvalue weighted by Gasteiger charge is 2.05. The van der Waals surface area contributed by atoms with Crippen molar-refractivity contribution in [3.63, 3.8) is 0 Å². The average Bonchev–Trinajstić information content (AvgIpc) is 2.24. The van der Waals surface area contributed by atoms with Crippen molar-refractivity contribution in [2.24, 2.45) is 0 Å². The summed E-state index contributed by atoms with van der Waals surface area (Å²) in [5.41, 5.74) is 1.09. The zero-order chi connectivity index (χ0) is 10.8. The quantitative estimate of drug-likeness (QED) is 0.725. The van der Waals surface area contributed by atoms with Crippen LogP contribution in [0.2, 0.25) is 0 Å². The molecule has 0 saturated heterocycles. The van der Waals surface area contributed by atoms with Gasteiger partial charge < -0.3 is 4.98 Å². The molecule has 0 amide bonds. The molecular weight excluding hydrogens is 192 g/mol. The first-order valence-electron chi connectivity index (χ1n) is 4.57. The van der Waals surface area contributed by atoms with Gasteiger partial charge in [-0.15, -0.1) is 0 Å². The zero-order valence-electron chi connectivity index (χ0n) is 8.20. The largest absolute Gasteiger partial charge is 0.326 e. The molecule has 0 bridgehead atoms. The van der Waals surface area contributed by atoms with E-state index in [1.807, 2.05) is 30.3 Å².